The maximum atomic E-state index is 12.8. The van der Waals surface area contributed by atoms with Gasteiger partial charge in [-0.05, 0) is 73.5 Å². The summed E-state index contributed by atoms with van der Waals surface area (Å²) >= 11 is 0. The van der Waals surface area contributed by atoms with Gasteiger partial charge < -0.3 is 5.32 Å². The van der Waals surface area contributed by atoms with E-state index in [-0.39, 0.29) is 10.8 Å². The number of amides is 1. The molecule has 0 fully saturated rings. The first kappa shape index (κ1) is 19.6. The van der Waals surface area contributed by atoms with Crippen LogP contribution in [0, 0.1) is 13.8 Å². The van der Waals surface area contributed by atoms with E-state index in [9.17, 15) is 13.2 Å². The third-order valence-corrected chi connectivity index (χ3v) is 6.46. The normalized spacial score (nSPS) is 11.1. The Balaban J connectivity index is 1.78. The van der Waals surface area contributed by atoms with E-state index in [1.54, 1.807) is 24.3 Å². The standard InChI is InChI=1S/C22H22N2O3S/c1-16-9-12-19(15-17(16)2)23-22(25)18-10-13-21(14-11-18)28(26,27)24(3)20-7-5-4-6-8-20/h4-15H,1-3H3,(H,23,25). The Morgan fingerprint density at radius 1 is 0.857 bits per heavy atom. The molecule has 0 aliphatic rings. The summed E-state index contributed by atoms with van der Waals surface area (Å²) in [4.78, 5) is 12.6. The molecule has 0 heterocycles. The predicted molar refractivity (Wildman–Crippen MR) is 112 cm³/mol. The topological polar surface area (TPSA) is 66.5 Å². The number of nitrogens with zero attached hydrogens (tertiary/aromatic N) is 1. The van der Waals surface area contributed by atoms with Crippen molar-refractivity contribution in [1.29, 1.82) is 0 Å². The predicted octanol–water partition coefficient (Wildman–Crippen LogP) is 4.38. The van der Waals surface area contributed by atoms with Crippen molar-refractivity contribution < 1.29 is 13.2 Å². The first-order valence-corrected chi connectivity index (χ1v) is 10.3. The average molecular weight is 394 g/mol. The number of anilines is 2. The number of benzene rings is 3. The first-order valence-electron chi connectivity index (χ1n) is 8.82. The lowest BCUT2D eigenvalue weighted by atomic mass is 10.1. The molecule has 0 bridgehead atoms. The number of carbonyl (C=O) groups excluding carboxylic acids is 1. The molecule has 3 rings (SSSR count). The van der Waals surface area contributed by atoms with Crippen molar-refractivity contribution in [2.24, 2.45) is 0 Å². The first-order chi connectivity index (χ1) is 13.3. The zero-order valence-electron chi connectivity index (χ0n) is 16.0. The Bertz CT molecular complexity index is 1090. The smallest absolute Gasteiger partial charge is 0.264 e. The Labute approximate surface area is 165 Å². The van der Waals surface area contributed by atoms with E-state index >= 15 is 0 Å². The van der Waals surface area contributed by atoms with Crippen molar-refractivity contribution in [3.63, 3.8) is 0 Å². The molecule has 3 aromatic carbocycles. The molecule has 3 aromatic rings. The zero-order chi connectivity index (χ0) is 20.3. The Morgan fingerprint density at radius 3 is 2.11 bits per heavy atom. The van der Waals surface area contributed by atoms with Crippen molar-refractivity contribution in [2.45, 2.75) is 18.7 Å². The average Bonchev–Trinajstić information content (AvgIpc) is 2.71. The number of para-hydroxylation sites is 1. The molecular formula is C22H22N2O3S. The van der Waals surface area contributed by atoms with Crippen molar-refractivity contribution in [3.05, 3.63) is 89.5 Å². The second-order valence-electron chi connectivity index (χ2n) is 6.59. The van der Waals surface area contributed by atoms with Crippen LogP contribution in [0.2, 0.25) is 0 Å². The Hall–Kier alpha value is -3.12. The fraction of sp³-hybridized carbons (Fsp3) is 0.136. The highest BCUT2D eigenvalue weighted by molar-refractivity contribution is 7.92. The molecule has 144 valence electrons. The third-order valence-electron chi connectivity index (χ3n) is 4.66. The van der Waals surface area contributed by atoms with Crippen LogP contribution >= 0.6 is 0 Å². The van der Waals surface area contributed by atoms with Gasteiger partial charge in [-0.2, -0.15) is 0 Å². The van der Waals surface area contributed by atoms with Crippen LogP contribution < -0.4 is 9.62 Å². The summed E-state index contributed by atoms with van der Waals surface area (Å²) in [6.45, 7) is 3.99. The van der Waals surface area contributed by atoms with Crippen LogP contribution in [0.3, 0.4) is 0 Å². The molecule has 1 N–H and O–H groups in total. The maximum absolute atomic E-state index is 12.8. The zero-order valence-corrected chi connectivity index (χ0v) is 16.8. The van der Waals surface area contributed by atoms with Crippen LogP contribution in [-0.4, -0.2) is 21.4 Å². The highest BCUT2D eigenvalue weighted by atomic mass is 32.2. The number of hydrogen-bond acceptors (Lipinski definition) is 3. The van der Waals surface area contributed by atoms with Crippen LogP contribution in [0.5, 0.6) is 0 Å². The van der Waals surface area contributed by atoms with Gasteiger partial charge in [0.25, 0.3) is 15.9 Å². The number of rotatable bonds is 5. The van der Waals surface area contributed by atoms with E-state index in [0.29, 0.717) is 16.9 Å². The molecular weight excluding hydrogens is 372 g/mol. The second-order valence-corrected chi connectivity index (χ2v) is 8.55. The fourth-order valence-corrected chi connectivity index (χ4v) is 3.93. The van der Waals surface area contributed by atoms with E-state index in [1.807, 2.05) is 38.1 Å². The molecule has 28 heavy (non-hydrogen) atoms. The molecule has 0 atom stereocenters. The van der Waals surface area contributed by atoms with Crippen molar-refractivity contribution in [3.8, 4) is 0 Å². The van der Waals surface area contributed by atoms with E-state index in [4.69, 9.17) is 0 Å². The lowest BCUT2D eigenvalue weighted by Crippen LogP contribution is -2.26. The second kappa shape index (κ2) is 7.86. The van der Waals surface area contributed by atoms with E-state index in [0.717, 1.165) is 11.1 Å². The number of nitrogens with one attached hydrogen (secondary N) is 1. The van der Waals surface area contributed by atoms with Crippen molar-refractivity contribution >= 4 is 27.3 Å². The SMILES string of the molecule is Cc1ccc(NC(=O)c2ccc(S(=O)(=O)N(C)c3ccccc3)cc2)cc1C. The van der Waals surface area contributed by atoms with Gasteiger partial charge in [0.2, 0.25) is 0 Å². The van der Waals surface area contributed by atoms with Crippen LogP contribution in [0.25, 0.3) is 0 Å². The van der Waals surface area contributed by atoms with E-state index < -0.39 is 10.0 Å². The summed E-state index contributed by atoms with van der Waals surface area (Å²) in [5.74, 6) is -0.288. The van der Waals surface area contributed by atoms with Gasteiger partial charge in [0, 0.05) is 18.3 Å². The molecule has 0 radical (unpaired) electrons. The van der Waals surface area contributed by atoms with Crippen LogP contribution in [0.4, 0.5) is 11.4 Å². The van der Waals surface area contributed by atoms with E-state index in [2.05, 4.69) is 5.32 Å². The summed E-state index contributed by atoms with van der Waals surface area (Å²) in [6, 6.07) is 20.5. The molecule has 0 unspecified atom stereocenters. The summed E-state index contributed by atoms with van der Waals surface area (Å²) in [7, 11) is -2.20. The Morgan fingerprint density at radius 2 is 1.50 bits per heavy atom. The van der Waals surface area contributed by atoms with Gasteiger partial charge in [-0.1, -0.05) is 24.3 Å². The molecule has 1 amide bonds. The van der Waals surface area contributed by atoms with Crippen LogP contribution in [0.15, 0.2) is 77.7 Å². The minimum Gasteiger partial charge on any atom is -0.322 e. The summed E-state index contributed by atoms with van der Waals surface area (Å²) in [5, 5.41) is 2.83. The third kappa shape index (κ3) is 4.07. The number of sulfonamides is 1. The summed E-state index contributed by atoms with van der Waals surface area (Å²) < 4.78 is 26.8. The van der Waals surface area contributed by atoms with Gasteiger partial charge in [-0.15, -0.1) is 0 Å². The van der Waals surface area contributed by atoms with E-state index in [1.165, 1.54) is 35.6 Å². The highest BCUT2D eigenvalue weighted by Crippen LogP contribution is 2.22. The van der Waals surface area contributed by atoms with Crippen LogP contribution in [-0.2, 0) is 10.0 Å². The summed E-state index contributed by atoms with van der Waals surface area (Å²) in [5.41, 5.74) is 3.89. The van der Waals surface area contributed by atoms with Crippen LogP contribution in [0.1, 0.15) is 21.5 Å². The van der Waals surface area contributed by atoms with Crippen molar-refractivity contribution in [1.82, 2.24) is 0 Å². The van der Waals surface area contributed by atoms with Gasteiger partial charge in [-0.25, -0.2) is 8.42 Å². The quantitative estimate of drug-likeness (QED) is 0.698. The lowest BCUT2D eigenvalue weighted by molar-refractivity contribution is 0.102. The molecule has 0 aliphatic carbocycles. The molecule has 5 nitrogen and oxygen atoms in total. The van der Waals surface area contributed by atoms with Gasteiger partial charge in [0.15, 0.2) is 0 Å². The molecule has 0 spiro atoms. The largest absolute Gasteiger partial charge is 0.322 e. The van der Waals surface area contributed by atoms with Gasteiger partial charge >= 0.3 is 0 Å². The molecule has 0 saturated carbocycles. The highest BCUT2D eigenvalue weighted by Gasteiger charge is 2.21. The number of aryl methyl sites for hydroxylation is 2. The minimum atomic E-state index is -3.70. The Kier molecular flexibility index (Phi) is 5.51. The van der Waals surface area contributed by atoms with Crippen molar-refractivity contribution in [2.75, 3.05) is 16.7 Å². The number of carbonyl (C=O) groups is 1. The fourth-order valence-electron chi connectivity index (χ4n) is 2.74. The van der Waals surface area contributed by atoms with Gasteiger partial charge in [-0.3, -0.25) is 9.10 Å². The summed E-state index contributed by atoms with van der Waals surface area (Å²) in [6.07, 6.45) is 0. The number of hydrogen-bond donors (Lipinski definition) is 1. The molecule has 0 saturated heterocycles. The van der Waals surface area contributed by atoms with Gasteiger partial charge in [0.05, 0.1) is 10.6 Å². The molecule has 0 aliphatic heterocycles. The molecule has 6 heteroatoms. The van der Waals surface area contributed by atoms with Gasteiger partial charge in [0.1, 0.15) is 0 Å². The monoisotopic (exact) mass is 394 g/mol. The maximum Gasteiger partial charge on any atom is 0.264 e. The molecule has 0 aromatic heterocycles. The lowest BCUT2D eigenvalue weighted by Gasteiger charge is -2.19. The minimum absolute atomic E-state index is 0.126.